The highest BCUT2D eigenvalue weighted by Gasteiger charge is 2.09. The third kappa shape index (κ3) is 2.38. The first-order chi connectivity index (χ1) is 10.1. The second-order valence-electron chi connectivity index (χ2n) is 4.45. The Labute approximate surface area is 121 Å². The van der Waals surface area contributed by atoms with Crippen LogP contribution in [0.3, 0.4) is 0 Å². The molecule has 0 fully saturated rings. The topological polar surface area (TPSA) is 95.0 Å². The summed E-state index contributed by atoms with van der Waals surface area (Å²) in [6.45, 7) is 0.185. The number of carbonyl (C=O) groups is 1. The fourth-order valence-electron chi connectivity index (χ4n) is 2.08. The fourth-order valence-corrected chi connectivity index (χ4v) is 2.78. The van der Waals surface area contributed by atoms with Gasteiger partial charge in [-0.05, 0) is 29.1 Å². The van der Waals surface area contributed by atoms with Crippen LogP contribution in [0.1, 0.15) is 15.2 Å². The molecular weight excluding hydrogens is 292 g/mol. The van der Waals surface area contributed by atoms with Crippen LogP contribution in [0.15, 0.2) is 45.3 Å². The molecular formula is C14H9N2O4S-. The molecule has 0 saturated carbocycles. The Hall–Kier alpha value is -2.67. The molecule has 21 heavy (non-hydrogen) atoms. The third-order valence-electron chi connectivity index (χ3n) is 3.11. The summed E-state index contributed by atoms with van der Waals surface area (Å²) >= 11 is 1.45. The number of carboxylic acids is 1. The Bertz CT molecular complexity index is 938. The average Bonchev–Trinajstić information content (AvgIpc) is 2.95. The number of fused-ring (bicyclic) bond motifs is 1. The summed E-state index contributed by atoms with van der Waals surface area (Å²) in [7, 11) is 0. The van der Waals surface area contributed by atoms with E-state index >= 15 is 0 Å². The number of H-pyrrole nitrogens is 1. The van der Waals surface area contributed by atoms with Crippen molar-refractivity contribution in [2.75, 3.05) is 0 Å². The van der Waals surface area contributed by atoms with Crippen LogP contribution >= 0.6 is 11.3 Å². The molecule has 0 unspecified atom stereocenters. The Balaban J connectivity index is 2.20. The molecule has 3 aromatic rings. The Morgan fingerprint density at radius 3 is 2.76 bits per heavy atom. The number of hydrogen-bond acceptors (Lipinski definition) is 5. The molecule has 2 aromatic heterocycles. The van der Waals surface area contributed by atoms with Crippen LogP contribution in [0.4, 0.5) is 0 Å². The second-order valence-corrected chi connectivity index (χ2v) is 5.48. The second kappa shape index (κ2) is 5.02. The highest BCUT2D eigenvalue weighted by atomic mass is 32.1. The number of hydrogen-bond donors (Lipinski definition) is 1. The normalized spacial score (nSPS) is 10.9. The molecule has 0 atom stereocenters. The van der Waals surface area contributed by atoms with E-state index in [9.17, 15) is 19.5 Å². The Morgan fingerprint density at radius 1 is 1.29 bits per heavy atom. The fraction of sp³-hybridized carbons (Fsp3) is 0.0714. The maximum absolute atomic E-state index is 12.3. The molecule has 0 radical (unpaired) electrons. The van der Waals surface area contributed by atoms with Gasteiger partial charge in [0.15, 0.2) is 0 Å². The summed E-state index contributed by atoms with van der Waals surface area (Å²) in [5.74, 6) is -1.36. The van der Waals surface area contributed by atoms with Gasteiger partial charge >= 0.3 is 5.69 Å². The predicted octanol–water partition coefficient (Wildman–Crippen LogP) is 0.163. The number of aromatic amines is 1. The molecule has 1 N–H and O–H groups in total. The smallest absolute Gasteiger partial charge is 0.329 e. The van der Waals surface area contributed by atoms with Gasteiger partial charge in [0.25, 0.3) is 5.56 Å². The molecule has 0 aliphatic carbocycles. The summed E-state index contributed by atoms with van der Waals surface area (Å²) in [4.78, 5) is 38.6. The first-order valence-corrected chi connectivity index (χ1v) is 6.95. The van der Waals surface area contributed by atoms with E-state index in [1.807, 2.05) is 17.5 Å². The van der Waals surface area contributed by atoms with Gasteiger partial charge in [0.05, 0.1) is 23.4 Å². The average molecular weight is 301 g/mol. The Kier molecular flexibility index (Phi) is 3.19. The molecule has 2 heterocycles. The Morgan fingerprint density at radius 2 is 2.10 bits per heavy atom. The van der Waals surface area contributed by atoms with E-state index in [1.54, 1.807) is 0 Å². The van der Waals surface area contributed by atoms with Gasteiger partial charge in [-0.2, -0.15) is 0 Å². The third-order valence-corrected chi connectivity index (χ3v) is 3.97. The van der Waals surface area contributed by atoms with Crippen molar-refractivity contribution >= 4 is 28.2 Å². The molecule has 7 heteroatoms. The molecule has 0 spiro atoms. The molecule has 0 aliphatic rings. The van der Waals surface area contributed by atoms with Crippen LogP contribution < -0.4 is 16.4 Å². The number of aromatic nitrogens is 2. The molecule has 106 valence electrons. The van der Waals surface area contributed by atoms with Crippen LogP contribution in [0.25, 0.3) is 10.9 Å². The predicted molar refractivity (Wildman–Crippen MR) is 76.6 cm³/mol. The van der Waals surface area contributed by atoms with Gasteiger partial charge in [-0.1, -0.05) is 12.1 Å². The van der Waals surface area contributed by atoms with Gasteiger partial charge < -0.3 is 14.9 Å². The van der Waals surface area contributed by atoms with E-state index in [2.05, 4.69) is 4.98 Å². The van der Waals surface area contributed by atoms with Crippen molar-refractivity contribution in [3.05, 3.63) is 67.0 Å². The van der Waals surface area contributed by atoms with Gasteiger partial charge in [0.1, 0.15) is 0 Å². The monoisotopic (exact) mass is 301 g/mol. The van der Waals surface area contributed by atoms with Crippen LogP contribution in [0, 0.1) is 0 Å². The van der Waals surface area contributed by atoms with Crippen LogP contribution in [0.2, 0.25) is 0 Å². The highest BCUT2D eigenvalue weighted by molar-refractivity contribution is 7.09. The van der Waals surface area contributed by atoms with Crippen molar-refractivity contribution in [2.45, 2.75) is 6.54 Å². The van der Waals surface area contributed by atoms with Gasteiger partial charge in [0, 0.05) is 4.88 Å². The van der Waals surface area contributed by atoms with Crippen molar-refractivity contribution in [3.8, 4) is 0 Å². The molecule has 0 saturated heterocycles. The standard InChI is InChI=1S/C14H10N2O4S/c17-12-10-4-3-8(13(18)19)6-11(10)15-14(20)16(12)7-9-2-1-5-21-9/h1-6H,7H2,(H,15,20)(H,18,19)/p-1. The summed E-state index contributed by atoms with van der Waals surface area (Å²) in [6.07, 6.45) is 0. The molecule has 0 amide bonds. The molecule has 6 nitrogen and oxygen atoms in total. The largest absolute Gasteiger partial charge is 0.545 e. The molecule has 1 aromatic carbocycles. The number of carboxylic acid groups (broad SMARTS) is 1. The van der Waals surface area contributed by atoms with Crippen molar-refractivity contribution in [1.29, 1.82) is 0 Å². The summed E-state index contributed by atoms with van der Waals surface area (Å²) in [6, 6.07) is 7.56. The van der Waals surface area contributed by atoms with E-state index in [-0.39, 0.29) is 23.0 Å². The van der Waals surface area contributed by atoms with Gasteiger partial charge in [-0.15, -0.1) is 11.3 Å². The maximum Gasteiger partial charge on any atom is 0.329 e. The van der Waals surface area contributed by atoms with Gasteiger partial charge in [-0.3, -0.25) is 9.36 Å². The van der Waals surface area contributed by atoms with Gasteiger partial charge in [-0.25, -0.2) is 4.79 Å². The molecule has 0 bridgehead atoms. The minimum atomic E-state index is -1.36. The minimum Gasteiger partial charge on any atom is -0.545 e. The zero-order valence-corrected chi connectivity index (χ0v) is 11.5. The zero-order chi connectivity index (χ0) is 15.0. The van der Waals surface area contributed by atoms with Crippen LogP contribution in [-0.2, 0) is 6.54 Å². The number of aromatic carboxylic acids is 1. The number of benzene rings is 1. The van der Waals surface area contributed by atoms with Crippen molar-refractivity contribution in [1.82, 2.24) is 9.55 Å². The van der Waals surface area contributed by atoms with E-state index in [4.69, 9.17) is 0 Å². The first-order valence-electron chi connectivity index (χ1n) is 6.07. The van der Waals surface area contributed by atoms with E-state index in [0.29, 0.717) is 0 Å². The first kappa shape index (κ1) is 13.3. The number of carbonyl (C=O) groups excluding carboxylic acids is 1. The lowest BCUT2D eigenvalue weighted by Gasteiger charge is -2.07. The lowest BCUT2D eigenvalue weighted by molar-refractivity contribution is -0.255. The number of nitrogens with zero attached hydrogens (tertiary/aromatic N) is 1. The maximum atomic E-state index is 12.3. The quantitative estimate of drug-likeness (QED) is 0.745. The SMILES string of the molecule is O=C([O-])c1ccc2c(=O)n(Cc3cccs3)c(=O)[nH]c2c1. The summed E-state index contributed by atoms with van der Waals surface area (Å²) in [5, 5.41) is 12.9. The lowest BCUT2D eigenvalue weighted by atomic mass is 10.1. The van der Waals surface area contributed by atoms with E-state index < -0.39 is 17.2 Å². The zero-order valence-electron chi connectivity index (χ0n) is 10.7. The van der Waals surface area contributed by atoms with Crippen molar-refractivity contribution in [2.24, 2.45) is 0 Å². The minimum absolute atomic E-state index is 0.0893. The highest BCUT2D eigenvalue weighted by Crippen LogP contribution is 2.11. The summed E-state index contributed by atoms with van der Waals surface area (Å²) < 4.78 is 1.09. The van der Waals surface area contributed by atoms with Crippen LogP contribution in [-0.4, -0.2) is 15.5 Å². The lowest BCUT2D eigenvalue weighted by Crippen LogP contribution is -2.35. The molecule has 3 rings (SSSR count). The van der Waals surface area contributed by atoms with E-state index in [0.717, 1.165) is 9.44 Å². The number of rotatable bonds is 3. The summed E-state index contributed by atoms with van der Waals surface area (Å²) in [5.41, 5.74) is -0.925. The van der Waals surface area contributed by atoms with Crippen LogP contribution in [0.5, 0.6) is 0 Å². The molecule has 0 aliphatic heterocycles. The van der Waals surface area contributed by atoms with Crippen molar-refractivity contribution < 1.29 is 9.90 Å². The van der Waals surface area contributed by atoms with Gasteiger partial charge in [0.2, 0.25) is 0 Å². The van der Waals surface area contributed by atoms with Crippen molar-refractivity contribution in [3.63, 3.8) is 0 Å². The number of nitrogens with one attached hydrogen (secondary N) is 1. The van der Waals surface area contributed by atoms with E-state index in [1.165, 1.54) is 29.5 Å². The number of thiophene rings is 1.